The first-order chi connectivity index (χ1) is 14.5. The van der Waals surface area contributed by atoms with E-state index >= 15 is 0 Å². The average Bonchev–Trinajstić information content (AvgIpc) is 2.76. The Bertz CT molecular complexity index is 1010. The van der Waals surface area contributed by atoms with Gasteiger partial charge in [-0.05, 0) is 91.2 Å². The van der Waals surface area contributed by atoms with Crippen molar-refractivity contribution in [3.63, 3.8) is 0 Å². The number of rotatable bonds is 9. The minimum absolute atomic E-state index is 0.169. The Morgan fingerprint density at radius 3 is 2.73 bits per heavy atom. The predicted molar refractivity (Wildman–Crippen MR) is 127 cm³/mol. The quantitative estimate of drug-likeness (QED) is 0.203. The molecule has 0 bridgehead atoms. The number of carbonyl (C=O) groups is 1. The summed E-state index contributed by atoms with van der Waals surface area (Å²) in [5.41, 5.74) is 5.87. The standard InChI is InChI=1S/C25H27ClN2OS/c1-18-17-27-13-12-23(18)22-9-6-8-21(16-22)20(3)28(14-4-5-15-29)30-25-11-7-10-24(26)19(25)2/h6-13,15-17,20H,4-5,14H2,1-3H3. The number of benzene rings is 2. The molecule has 2 aromatic carbocycles. The van der Waals surface area contributed by atoms with Crippen molar-refractivity contribution in [2.75, 3.05) is 6.54 Å². The molecule has 0 radical (unpaired) electrons. The van der Waals surface area contributed by atoms with Gasteiger partial charge in [-0.15, -0.1) is 0 Å². The highest BCUT2D eigenvalue weighted by Gasteiger charge is 2.19. The number of aromatic nitrogens is 1. The molecule has 0 spiro atoms. The molecular weight excluding hydrogens is 412 g/mol. The molecule has 30 heavy (non-hydrogen) atoms. The van der Waals surface area contributed by atoms with Gasteiger partial charge in [0.25, 0.3) is 0 Å². The van der Waals surface area contributed by atoms with E-state index < -0.39 is 0 Å². The summed E-state index contributed by atoms with van der Waals surface area (Å²) < 4.78 is 2.35. The Morgan fingerprint density at radius 1 is 1.17 bits per heavy atom. The molecule has 3 aromatic rings. The van der Waals surface area contributed by atoms with Crippen molar-refractivity contribution in [1.29, 1.82) is 0 Å². The van der Waals surface area contributed by atoms with Crippen LogP contribution < -0.4 is 0 Å². The minimum Gasteiger partial charge on any atom is -0.303 e. The van der Waals surface area contributed by atoms with Gasteiger partial charge in [-0.1, -0.05) is 35.9 Å². The number of hydrogen-bond donors (Lipinski definition) is 0. The topological polar surface area (TPSA) is 33.2 Å². The van der Waals surface area contributed by atoms with E-state index in [4.69, 9.17) is 11.6 Å². The molecule has 0 saturated carbocycles. The van der Waals surface area contributed by atoms with Gasteiger partial charge in [-0.25, -0.2) is 4.31 Å². The van der Waals surface area contributed by atoms with Crippen LogP contribution in [0.5, 0.6) is 0 Å². The number of halogens is 1. The van der Waals surface area contributed by atoms with Gasteiger partial charge < -0.3 is 4.79 Å². The van der Waals surface area contributed by atoms with E-state index in [1.54, 1.807) is 11.9 Å². The first-order valence-electron chi connectivity index (χ1n) is 10.2. The van der Waals surface area contributed by atoms with E-state index in [1.165, 1.54) is 16.7 Å². The summed E-state index contributed by atoms with van der Waals surface area (Å²) in [6.45, 7) is 7.16. The van der Waals surface area contributed by atoms with Gasteiger partial charge in [0.1, 0.15) is 6.29 Å². The highest BCUT2D eigenvalue weighted by molar-refractivity contribution is 7.97. The molecule has 5 heteroatoms. The van der Waals surface area contributed by atoms with Crippen molar-refractivity contribution in [1.82, 2.24) is 9.29 Å². The molecule has 1 unspecified atom stereocenters. The fraction of sp³-hybridized carbons (Fsp3) is 0.280. The normalized spacial score (nSPS) is 12.2. The molecule has 0 aliphatic carbocycles. The summed E-state index contributed by atoms with van der Waals surface area (Å²) in [6.07, 6.45) is 6.11. The zero-order valence-electron chi connectivity index (χ0n) is 17.6. The number of carbonyl (C=O) groups excluding carboxylic acids is 1. The highest BCUT2D eigenvalue weighted by Crippen LogP contribution is 2.37. The smallest absolute Gasteiger partial charge is 0.120 e. The second kappa shape index (κ2) is 10.8. The third-order valence-corrected chi connectivity index (χ3v) is 7.05. The SMILES string of the molecule is Cc1cnccc1-c1cccc(C(C)N(CCCC=O)Sc2cccc(Cl)c2C)c1. The predicted octanol–water partition coefficient (Wildman–Crippen LogP) is 7.07. The summed E-state index contributed by atoms with van der Waals surface area (Å²) in [5, 5.41) is 0.774. The van der Waals surface area contributed by atoms with Gasteiger partial charge in [0.15, 0.2) is 0 Å². The summed E-state index contributed by atoms with van der Waals surface area (Å²) in [4.78, 5) is 16.2. The number of aryl methyl sites for hydroxylation is 1. The maximum absolute atomic E-state index is 10.9. The van der Waals surface area contributed by atoms with Crippen LogP contribution in [-0.2, 0) is 4.79 Å². The van der Waals surface area contributed by atoms with Gasteiger partial charge >= 0.3 is 0 Å². The van der Waals surface area contributed by atoms with E-state index in [1.807, 2.05) is 31.5 Å². The number of pyridine rings is 1. The summed E-state index contributed by atoms with van der Waals surface area (Å²) in [7, 11) is 0. The molecule has 3 rings (SSSR count). The molecule has 0 aliphatic rings. The maximum atomic E-state index is 10.9. The van der Waals surface area contributed by atoms with Crippen LogP contribution in [0.25, 0.3) is 11.1 Å². The lowest BCUT2D eigenvalue weighted by Gasteiger charge is -2.29. The lowest BCUT2D eigenvalue weighted by atomic mass is 9.98. The van der Waals surface area contributed by atoms with Crippen LogP contribution in [0.15, 0.2) is 65.8 Å². The van der Waals surface area contributed by atoms with Crippen LogP contribution in [0.2, 0.25) is 5.02 Å². The maximum Gasteiger partial charge on any atom is 0.120 e. The van der Waals surface area contributed by atoms with Gasteiger partial charge in [0.2, 0.25) is 0 Å². The molecular formula is C25H27ClN2OS. The van der Waals surface area contributed by atoms with E-state index in [2.05, 4.69) is 59.5 Å². The molecule has 156 valence electrons. The molecule has 0 saturated heterocycles. The molecule has 3 nitrogen and oxygen atoms in total. The second-order valence-electron chi connectivity index (χ2n) is 7.40. The minimum atomic E-state index is 0.169. The van der Waals surface area contributed by atoms with Crippen molar-refractivity contribution in [2.24, 2.45) is 0 Å². The number of hydrogen-bond acceptors (Lipinski definition) is 4. The fourth-order valence-corrected chi connectivity index (χ4v) is 4.76. The zero-order valence-corrected chi connectivity index (χ0v) is 19.2. The van der Waals surface area contributed by atoms with Crippen LogP contribution in [0, 0.1) is 13.8 Å². The van der Waals surface area contributed by atoms with Crippen molar-refractivity contribution in [2.45, 2.75) is 44.6 Å². The summed E-state index contributed by atoms with van der Waals surface area (Å²) >= 11 is 8.05. The van der Waals surface area contributed by atoms with Gasteiger partial charge in [-0.3, -0.25) is 4.98 Å². The monoisotopic (exact) mass is 438 g/mol. The van der Waals surface area contributed by atoms with Crippen LogP contribution >= 0.6 is 23.5 Å². The molecule has 0 amide bonds. The van der Waals surface area contributed by atoms with Crippen LogP contribution in [0.4, 0.5) is 0 Å². The van der Waals surface area contributed by atoms with E-state index in [9.17, 15) is 4.79 Å². The van der Waals surface area contributed by atoms with Crippen molar-refractivity contribution in [3.05, 3.63) is 82.6 Å². The highest BCUT2D eigenvalue weighted by atomic mass is 35.5. The molecule has 0 N–H and O–H groups in total. The third kappa shape index (κ3) is 5.51. The van der Waals surface area contributed by atoms with E-state index in [-0.39, 0.29) is 6.04 Å². The van der Waals surface area contributed by atoms with Crippen LogP contribution in [0.3, 0.4) is 0 Å². The molecule has 0 aliphatic heterocycles. The average molecular weight is 439 g/mol. The summed E-state index contributed by atoms with van der Waals surface area (Å²) in [6, 6.07) is 16.9. The molecule has 0 fully saturated rings. The first-order valence-corrected chi connectivity index (χ1v) is 11.3. The molecule has 1 heterocycles. The van der Waals surface area contributed by atoms with Crippen LogP contribution in [0.1, 0.15) is 42.5 Å². The summed E-state index contributed by atoms with van der Waals surface area (Å²) in [5.74, 6) is 0. The van der Waals surface area contributed by atoms with Crippen molar-refractivity contribution >= 4 is 29.8 Å². The number of nitrogens with zero attached hydrogens (tertiary/aromatic N) is 2. The fourth-order valence-electron chi connectivity index (χ4n) is 3.39. The molecule has 1 aromatic heterocycles. The van der Waals surface area contributed by atoms with Crippen LogP contribution in [-0.4, -0.2) is 22.1 Å². The number of aldehydes is 1. The number of unbranched alkanes of at least 4 members (excludes halogenated alkanes) is 1. The Labute approximate surface area is 188 Å². The molecule has 1 atom stereocenters. The first kappa shape index (κ1) is 22.5. The van der Waals surface area contributed by atoms with Gasteiger partial charge in [0, 0.05) is 41.3 Å². The van der Waals surface area contributed by atoms with Crippen molar-refractivity contribution < 1.29 is 4.79 Å². The third-order valence-electron chi connectivity index (χ3n) is 5.27. The zero-order chi connectivity index (χ0) is 21.5. The van der Waals surface area contributed by atoms with Gasteiger partial charge in [0.05, 0.1) is 0 Å². The lowest BCUT2D eigenvalue weighted by Crippen LogP contribution is -2.21. The Kier molecular flexibility index (Phi) is 8.08. The van der Waals surface area contributed by atoms with Crippen molar-refractivity contribution in [3.8, 4) is 11.1 Å². The van der Waals surface area contributed by atoms with Gasteiger partial charge in [-0.2, -0.15) is 0 Å². The second-order valence-corrected chi connectivity index (χ2v) is 8.89. The largest absolute Gasteiger partial charge is 0.303 e. The van der Waals surface area contributed by atoms with E-state index in [0.29, 0.717) is 6.42 Å². The Hall–Kier alpha value is -2.14. The Balaban J connectivity index is 1.89. The lowest BCUT2D eigenvalue weighted by molar-refractivity contribution is -0.107. The van der Waals surface area contributed by atoms with E-state index in [0.717, 1.165) is 40.3 Å². The Morgan fingerprint density at radius 2 is 1.97 bits per heavy atom.